The van der Waals surface area contributed by atoms with E-state index in [4.69, 9.17) is 21.1 Å². The van der Waals surface area contributed by atoms with Gasteiger partial charge in [-0.05, 0) is 17.7 Å². The summed E-state index contributed by atoms with van der Waals surface area (Å²) in [7, 11) is 1.30. The Kier molecular flexibility index (Phi) is 5.34. The van der Waals surface area contributed by atoms with Crippen molar-refractivity contribution in [3.63, 3.8) is 0 Å². The molecule has 0 bridgehead atoms. The second kappa shape index (κ2) is 7.84. The zero-order valence-corrected chi connectivity index (χ0v) is 17.5. The molecule has 158 valence electrons. The standard InChI is InChI=1S/C24H18ClF2NO3/c1-13-19-18(31-24(13,12-29)15-6-4-3-5-7-15)10-16(26)22(25)21(19)20-14(11-28)8-9-17(30-2)23(20)27/h3-10,13,29H,12H2,1-2H3/t13-,24-/m0/s1. The average molecular weight is 442 g/mol. The van der Waals surface area contributed by atoms with Crippen LogP contribution in [0.15, 0.2) is 48.5 Å². The molecule has 0 radical (unpaired) electrons. The number of nitriles is 1. The predicted molar refractivity (Wildman–Crippen MR) is 112 cm³/mol. The molecule has 31 heavy (non-hydrogen) atoms. The van der Waals surface area contributed by atoms with Gasteiger partial charge < -0.3 is 14.6 Å². The summed E-state index contributed by atoms with van der Waals surface area (Å²) in [4.78, 5) is 0. The van der Waals surface area contributed by atoms with Crippen LogP contribution in [0.5, 0.6) is 11.5 Å². The Bertz CT molecular complexity index is 1210. The number of benzene rings is 3. The lowest BCUT2D eigenvalue weighted by Crippen LogP contribution is -2.38. The number of nitrogens with zero attached hydrogens (tertiary/aromatic N) is 1. The molecule has 4 nitrogen and oxygen atoms in total. The van der Waals surface area contributed by atoms with Crippen LogP contribution in [0.25, 0.3) is 11.1 Å². The van der Waals surface area contributed by atoms with Crippen LogP contribution in [0.3, 0.4) is 0 Å². The number of methoxy groups -OCH3 is 1. The molecule has 1 heterocycles. The van der Waals surface area contributed by atoms with E-state index in [1.165, 1.54) is 19.2 Å². The van der Waals surface area contributed by atoms with E-state index in [0.29, 0.717) is 11.1 Å². The van der Waals surface area contributed by atoms with E-state index in [1.807, 2.05) is 12.1 Å². The van der Waals surface area contributed by atoms with Crippen LogP contribution in [0, 0.1) is 23.0 Å². The van der Waals surface area contributed by atoms with Gasteiger partial charge >= 0.3 is 0 Å². The number of aliphatic hydroxyl groups excluding tert-OH is 1. The highest BCUT2D eigenvalue weighted by Gasteiger charge is 2.49. The van der Waals surface area contributed by atoms with Gasteiger partial charge in [0.05, 0.1) is 30.4 Å². The summed E-state index contributed by atoms with van der Waals surface area (Å²) in [5, 5.41) is 19.6. The van der Waals surface area contributed by atoms with E-state index >= 15 is 4.39 Å². The molecule has 7 heteroatoms. The molecule has 3 aromatic carbocycles. The van der Waals surface area contributed by atoms with Crippen LogP contribution in [-0.2, 0) is 5.60 Å². The van der Waals surface area contributed by atoms with Gasteiger partial charge in [-0.1, -0.05) is 48.9 Å². The molecule has 0 aliphatic carbocycles. The highest BCUT2D eigenvalue weighted by atomic mass is 35.5. The second-order valence-electron chi connectivity index (χ2n) is 7.31. The first-order valence-electron chi connectivity index (χ1n) is 9.53. The van der Waals surface area contributed by atoms with Crippen molar-refractivity contribution in [3.05, 3.63) is 81.9 Å². The lowest BCUT2D eigenvalue weighted by atomic mass is 9.78. The second-order valence-corrected chi connectivity index (χ2v) is 7.69. The largest absolute Gasteiger partial charge is 0.494 e. The molecule has 1 aliphatic heterocycles. The Labute approximate surface area is 183 Å². The Morgan fingerprint density at radius 2 is 1.90 bits per heavy atom. The van der Waals surface area contributed by atoms with Crippen LogP contribution in [0.1, 0.15) is 29.5 Å². The van der Waals surface area contributed by atoms with Crippen molar-refractivity contribution in [2.75, 3.05) is 13.7 Å². The van der Waals surface area contributed by atoms with E-state index in [-0.39, 0.29) is 33.2 Å². The summed E-state index contributed by atoms with van der Waals surface area (Å²) >= 11 is 6.35. The summed E-state index contributed by atoms with van der Waals surface area (Å²) in [5.74, 6) is -2.17. The minimum atomic E-state index is -1.22. The number of ether oxygens (including phenoxy) is 2. The third-order valence-corrected chi connectivity index (χ3v) is 6.21. The monoisotopic (exact) mass is 441 g/mol. The summed E-state index contributed by atoms with van der Waals surface area (Å²) in [6, 6.07) is 14.8. The van der Waals surface area contributed by atoms with Gasteiger partial charge in [0, 0.05) is 28.7 Å². The van der Waals surface area contributed by atoms with Crippen molar-refractivity contribution in [1.29, 1.82) is 5.26 Å². The third kappa shape index (κ3) is 3.04. The quantitative estimate of drug-likeness (QED) is 0.576. The van der Waals surface area contributed by atoms with Gasteiger partial charge in [-0.25, -0.2) is 8.78 Å². The third-order valence-electron chi connectivity index (χ3n) is 5.84. The fourth-order valence-corrected chi connectivity index (χ4v) is 4.49. The molecule has 0 aromatic heterocycles. The van der Waals surface area contributed by atoms with Gasteiger partial charge in [0.1, 0.15) is 11.6 Å². The molecule has 0 saturated heterocycles. The fourth-order valence-electron chi connectivity index (χ4n) is 4.24. The maximum absolute atomic E-state index is 15.4. The summed E-state index contributed by atoms with van der Waals surface area (Å²) < 4.78 is 41.4. The first kappa shape index (κ1) is 21.1. The maximum Gasteiger partial charge on any atom is 0.174 e. The van der Waals surface area contributed by atoms with Gasteiger partial charge in [0.15, 0.2) is 17.2 Å². The summed E-state index contributed by atoms with van der Waals surface area (Å²) in [6.07, 6.45) is 0. The van der Waals surface area contributed by atoms with Crippen molar-refractivity contribution < 1.29 is 23.4 Å². The molecule has 4 rings (SSSR count). The van der Waals surface area contributed by atoms with Crippen molar-refractivity contribution in [1.82, 2.24) is 0 Å². The van der Waals surface area contributed by atoms with Crippen molar-refractivity contribution in [2.45, 2.75) is 18.4 Å². The molecule has 1 N–H and O–H groups in total. The van der Waals surface area contributed by atoms with Gasteiger partial charge in [0.25, 0.3) is 0 Å². The first-order chi connectivity index (χ1) is 14.9. The van der Waals surface area contributed by atoms with Gasteiger partial charge in [-0.2, -0.15) is 5.26 Å². The van der Waals surface area contributed by atoms with Crippen molar-refractivity contribution in [3.8, 4) is 28.7 Å². The highest BCUT2D eigenvalue weighted by molar-refractivity contribution is 6.34. The van der Waals surface area contributed by atoms with Gasteiger partial charge in [0.2, 0.25) is 0 Å². The average Bonchev–Trinajstić information content (AvgIpc) is 3.07. The van der Waals surface area contributed by atoms with E-state index in [1.54, 1.807) is 31.2 Å². The van der Waals surface area contributed by atoms with E-state index in [2.05, 4.69) is 0 Å². The number of halogens is 3. The number of hydrogen-bond donors (Lipinski definition) is 1. The topological polar surface area (TPSA) is 62.5 Å². The SMILES string of the molecule is COc1ccc(C#N)c(-c2c(Cl)c(F)cc3c2[C@H](C)[C@@](CO)(c2ccccc2)O3)c1F. The van der Waals surface area contributed by atoms with Crippen molar-refractivity contribution >= 4 is 11.6 Å². The summed E-state index contributed by atoms with van der Waals surface area (Å²) in [5.41, 5.74) is -0.315. The number of fused-ring (bicyclic) bond motifs is 1. The predicted octanol–water partition coefficient (Wildman–Crippen LogP) is 5.55. The van der Waals surface area contributed by atoms with E-state index in [9.17, 15) is 14.8 Å². The molecule has 3 aromatic rings. The molecular weight excluding hydrogens is 424 g/mol. The molecule has 0 unspecified atom stereocenters. The maximum atomic E-state index is 15.4. The van der Waals surface area contributed by atoms with Crippen LogP contribution in [-0.4, -0.2) is 18.8 Å². The number of aliphatic hydroxyl groups is 1. The molecule has 0 spiro atoms. The highest BCUT2D eigenvalue weighted by Crippen LogP contribution is 2.56. The first-order valence-corrected chi connectivity index (χ1v) is 9.91. The zero-order valence-electron chi connectivity index (χ0n) is 16.7. The number of hydrogen-bond acceptors (Lipinski definition) is 4. The summed E-state index contributed by atoms with van der Waals surface area (Å²) in [6.45, 7) is 1.38. The molecule has 0 amide bonds. The smallest absolute Gasteiger partial charge is 0.174 e. The molecule has 1 aliphatic rings. The zero-order chi connectivity index (χ0) is 22.3. The Hall–Kier alpha value is -3.14. The minimum Gasteiger partial charge on any atom is -0.494 e. The minimum absolute atomic E-state index is 0.0170. The fraction of sp³-hybridized carbons (Fsp3) is 0.208. The number of rotatable bonds is 4. The van der Waals surface area contributed by atoms with Crippen LogP contribution < -0.4 is 9.47 Å². The van der Waals surface area contributed by atoms with Gasteiger partial charge in [-0.15, -0.1) is 0 Å². The molecule has 0 saturated carbocycles. The lowest BCUT2D eigenvalue weighted by molar-refractivity contribution is 0.00737. The normalized spacial score (nSPS) is 19.5. The lowest BCUT2D eigenvalue weighted by Gasteiger charge is -2.31. The van der Waals surface area contributed by atoms with Crippen molar-refractivity contribution in [2.24, 2.45) is 0 Å². The van der Waals surface area contributed by atoms with Gasteiger partial charge in [-0.3, -0.25) is 0 Å². The van der Waals surface area contributed by atoms with E-state index in [0.717, 1.165) is 6.07 Å². The Balaban J connectivity index is 2.05. The Morgan fingerprint density at radius 1 is 1.19 bits per heavy atom. The van der Waals surface area contributed by atoms with E-state index < -0.39 is 29.8 Å². The molecule has 2 atom stereocenters. The van der Waals surface area contributed by atoms with Crippen LogP contribution in [0.2, 0.25) is 5.02 Å². The van der Waals surface area contributed by atoms with Crippen LogP contribution in [0.4, 0.5) is 8.78 Å². The molecular formula is C24H18ClF2NO3. The molecule has 0 fully saturated rings. The van der Waals surface area contributed by atoms with Crippen LogP contribution >= 0.6 is 11.6 Å². The Morgan fingerprint density at radius 3 is 2.52 bits per heavy atom.